The quantitative estimate of drug-likeness (QED) is 0.0196. The third-order valence-electron chi connectivity index (χ3n) is 13.1. The molecule has 0 aromatic rings. The number of ether oxygens (including phenoxy) is 3. The van der Waals surface area contributed by atoms with Crippen LogP contribution in [-0.2, 0) is 23.8 Å². The molecule has 1 amide bonds. The Morgan fingerprint density at radius 1 is 0.549 bits per heavy atom. The number of rotatable bonds is 47. The molecule has 410 valence electrons. The highest BCUT2D eigenvalue weighted by Gasteiger charge is 2.47. The first-order valence-corrected chi connectivity index (χ1v) is 28.7. The number of aliphatic hydroxyl groups excluding tert-OH is 5. The summed E-state index contributed by atoms with van der Waals surface area (Å²) in [6.45, 7) is 5.69. The van der Waals surface area contributed by atoms with Gasteiger partial charge in [0.15, 0.2) is 12.4 Å². The van der Waals surface area contributed by atoms with Crippen LogP contribution < -0.4 is 5.32 Å². The summed E-state index contributed by atoms with van der Waals surface area (Å²) < 4.78 is 17.5. The van der Waals surface area contributed by atoms with E-state index in [4.69, 9.17) is 14.2 Å². The molecule has 0 spiro atoms. The number of unbranched alkanes of at least 4 members (excludes halogenated alkanes) is 23. The third kappa shape index (κ3) is 36.6. The summed E-state index contributed by atoms with van der Waals surface area (Å²) in [4.78, 5) is 26.4. The number of amides is 1. The van der Waals surface area contributed by atoms with E-state index in [0.717, 1.165) is 64.2 Å². The topological polar surface area (TPSA) is 175 Å². The molecule has 1 aliphatic heterocycles. The Labute approximate surface area is 432 Å². The lowest BCUT2D eigenvalue weighted by molar-refractivity contribution is -0.305. The molecule has 0 aliphatic carbocycles. The van der Waals surface area contributed by atoms with Crippen LogP contribution in [0.5, 0.6) is 0 Å². The van der Waals surface area contributed by atoms with Crippen LogP contribution in [0.1, 0.15) is 233 Å². The standard InChI is InChI=1S/C60H105NO10/c1-4-7-10-13-16-19-22-25-26-27-28-30-33-36-39-42-45-48-55(65)71-58-57(67)56(66)54(49-62)70-60(58)69-50-51(52(63)46-43-40-37-34-32-29-23-20-17-14-11-8-5-2)61-59(68)53(64)47-44-41-38-35-31-24-21-18-15-12-9-6-3/h16,19,25-26,28,30-31,35-36,39,43,46,51-54,56-58,60,62-64,66-67H,4-15,17-18,20-24,27,29,32-34,37-38,40-42,44-45,47-50H2,1-3H3,(H,61,68)/b19-16-,26-25-,30-28-,35-31-,39-36-,46-43+. The Morgan fingerprint density at radius 2 is 0.972 bits per heavy atom. The second-order valence-electron chi connectivity index (χ2n) is 19.7. The monoisotopic (exact) mass is 1000 g/mol. The molecule has 8 unspecified atom stereocenters. The fourth-order valence-corrected chi connectivity index (χ4v) is 8.46. The van der Waals surface area contributed by atoms with Crippen molar-refractivity contribution in [1.82, 2.24) is 5.32 Å². The van der Waals surface area contributed by atoms with E-state index in [1.165, 1.54) is 116 Å². The van der Waals surface area contributed by atoms with Crippen molar-refractivity contribution >= 4 is 11.9 Å². The van der Waals surface area contributed by atoms with Crippen molar-refractivity contribution in [3.63, 3.8) is 0 Å². The SMILES string of the molecule is CCCCC/C=C\C/C=C\C/C=C\C/C=C\CCCC(=O)OC1C(OCC(NC(=O)C(O)CCCC/C=C\CCCCCCCC)C(O)/C=C/CCCCCCCCCCCCC)OC(CO)C(O)C1O. The molecule has 71 heavy (non-hydrogen) atoms. The maximum Gasteiger partial charge on any atom is 0.306 e. The Kier molecular flexibility index (Phi) is 44.8. The first-order chi connectivity index (χ1) is 34.7. The summed E-state index contributed by atoms with van der Waals surface area (Å²) in [6.07, 6.45) is 49.5. The number of hydrogen-bond acceptors (Lipinski definition) is 10. The summed E-state index contributed by atoms with van der Waals surface area (Å²) in [5.41, 5.74) is 0. The molecule has 0 radical (unpaired) electrons. The van der Waals surface area contributed by atoms with Crippen LogP contribution in [-0.4, -0.2) is 99.6 Å². The number of carbonyl (C=O) groups excluding carboxylic acids is 2. The van der Waals surface area contributed by atoms with Gasteiger partial charge in [-0.1, -0.05) is 209 Å². The van der Waals surface area contributed by atoms with E-state index in [9.17, 15) is 35.1 Å². The number of allylic oxidation sites excluding steroid dienone is 11. The summed E-state index contributed by atoms with van der Waals surface area (Å²) >= 11 is 0. The Morgan fingerprint density at radius 3 is 1.49 bits per heavy atom. The van der Waals surface area contributed by atoms with Crippen LogP contribution in [0.3, 0.4) is 0 Å². The van der Waals surface area contributed by atoms with Gasteiger partial charge in [0.2, 0.25) is 5.91 Å². The van der Waals surface area contributed by atoms with Gasteiger partial charge in [-0.2, -0.15) is 0 Å². The fourth-order valence-electron chi connectivity index (χ4n) is 8.46. The van der Waals surface area contributed by atoms with E-state index in [2.05, 4.69) is 74.7 Å². The molecule has 11 heteroatoms. The highest BCUT2D eigenvalue weighted by atomic mass is 16.7. The van der Waals surface area contributed by atoms with Crippen LogP contribution in [0.15, 0.2) is 72.9 Å². The molecule has 1 aliphatic rings. The van der Waals surface area contributed by atoms with Gasteiger partial charge in [0.1, 0.15) is 24.4 Å². The largest absolute Gasteiger partial charge is 0.454 e. The molecule has 0 bridgehead atoms. The van der Waals surface area contributed by atoms with Gasteiger partial charge in [0.25, 0.3) is 0 Å². The molecule has 0 saturated carbocycles. The number of hydrogen-bond donors (Lipinski definition) is 6. The van der Waals surface area contributed by atoms with Crippen molar-refractivity contribution < 1.29 is 49.3 Å². The van der Waals surface area contributed by atoms with E-state index >= 15 is 0 Å². The zero-order chi connectivity index (χ0) is 51.8. The van der Waals surface area contributed by atoms with Gasteiger partial charge in [0, 0.05) is 6.42 Å². The van der Waals surface area contributed by atoms with E-state index in [1.54, 1.807) is 6.08 Å². The zero-order valence-corrected chi connectivity index (χ0v) is 45.1. The van der Waals surface area contributed by atoms with E-state index in [1.807, 2.05) is 18.2 Å². The predicted octanol–water partition coefficient (Wildman–Crippen LogP) is 12.8. The van der Waals surface area contributed by atoms with Crippen molar-refractivity contribution in [2.45, 2.75) is 282 Å². The summed E-state index contributed by atoms with van der Waals surface area (Å²) in [6, 6.07) is -1.04. The van der Waals surface area contributed by atoms with Crippen LogP contribution in [0.25, 0.3) is 0 Å². The molecule has 0 aromatic carbocycles. The van der Waals surface area contributed by atoms with Crippen molar-refractivity contribution in [2.24, 2.45) is 0 Å². The van der Waals surface area contributed by atoms with Crippen molar-refractivity contribution in [3.05, 3.63) is 72.9 Å². The van der Waals surface area contributed by atoms with Crippen LogP contribution in [0, 0.1) is 0 Å². The van der Waals surface area contributed by atoms with Gasteiger partial charge in [-0.3, -0.25) is 9.59 Å². The van der Waals surface area contributed by atoms with Gasteiger partial charge in [0.05, 0.1) is 25.4 Å². The molecule has 1 rings (SSSR count). The highest BCUT2D eigenvalue weighted by Crippen LogP contribution is 2.26. The number of carbonyl (C=O) groups is 2. The third-order valence-corrected chi connectivity index (χ3v) is 13.1. The molecule has 0 aromatic heterocycles. The summed E-state index contributed by atoms with van der Waals surface area (Å²) in [5, 5.41) is 56.7. The average molecular weight is 1000 g/mol. The minimum atomic E-state index is -1.64. The lowest BCUT2D eigenvalue weighted by Gasteiger charge is -2.41. The minimum Gasteiger partial charge on any atom is -0.454 e. The van der Waals surface area contributed by atoms with Crippen LogP contribution >= 0.6 is 0 Å². The molecule has 1 heterocycles. The summed E-state index contributed by atoms with van der Waals surface area (Å²) in [7, 11) is 0. The van der Waals surface area contributed by atoms with Crippen molar-refractivity contribution in [3.8, 4) is 0 Å². The van der Waals surface area contributed by atoms with Crippen LogP contribution in [0.2, 0.25) is 0 Å². The number of nitrogens with one attached hydrogen (secondary N) is 1. The molecule has 1 saturated heterocycles. The molecule has 1 fully saturated rings. The predicted molar refractivity (Wildman–Crippen MR) is 292 cm³/mol. The minimum absolute atomic E-state index is 0.0438. The van der Waals surface area contributed by atoms with E-state index < -0.39 is 67.4 Å². The van der Waals surface area contributed by atoms with Gasteiger partial charge >= 0.3 is 5.97 Å². The second kappa shape index (κ2) is 48.1. The summed E-state index contributed by atoms with van der Waals surface area (Å²) in [5.74, 6) is -1.27. The molecule has 8 atom stereocenters. The van der Waals surface area contributed by atoms with Crippen molar-refractivity contribution in [2.75, 3.05) is 13.2 Å². The highest BCUT2D eigenvalue weighted by molar-refractivity contribution is 5.80. The number of aliphatic hydroxyl groups is 5. The lowest BCUT2D eigenvalue weighted by atomic mass is 9.99. The Balaban J connectivity index is 2.79. The molecule has 11 nitrogen and oxygen atoms in total. The molecular weight excluding hydrogens is 895 g/mol. The van der Waals surface area contributed by atoms with E-state index in [-0.39, 0.29) is 19.4 Å². The van der Waals surface area contributed by atoms with Gasteiger partial charge in [-0.05, 0) is 89.9 Å². The normalized spacial score (nSPS) is 20.1. The Bertz CT molecular complexity index is 1430. The first kappa shape index (κ1) is 66.1. The average Bonchev–Trinajstić information content (AvgIpc) is 3.37. The van der Waals surface area contributed by atoms with Gasteiger partial charge in [-0.15, -0.1) is 0 Å². The first-order valence-electron chi connectivity index (χ1n) is 28.7. The molecular formula is C60H105NO10. The van der Waals surface area contributed by atoms with Gasteiger partial charge in [-0.25, -0.2) is 0 Å². The fraction of sp³-hybridized carbons (Fsp3) is 0.767. The number of esters is 1. The Hall–Kier alpha value is -2.90. The maximum atomic E-state index is 13.3. The second-order valence-corrected chi connectivity index (χ2v) is 19.7. The maximum absolute atomic E-state index is 13.3. The molecule has 6 N–H and O–H groups in total. The van der Waals surface area contributed by atoms with Crippen molar-refractivity contribution in [1.29, 1.82) is 0 Å². The van der Waals surface area contributed by atoms with Crippen LogP contribution in [0.4, 0.5) is 0 Å². The smallest absolute Gasteiger partial charge is 0.306 e. The lowest BCUT2D eigenvalue weighted by Crippen LogP contribution is -2.61. The van der Waals surface area contributed by atoms with Gasteiger partial charge < -0.3 is 45.1 Å². The zero-order valence-electron chi connectivity index (χ0n) is 45.1. The van der Waals surface area contributed by atoms with E-state index in [0.29, 0.717) is 19.3 Å².